The summed E-state index contributed by atoms with van der Waals surface area (Å²) in [5.41, 5.74) is 6.04. The van der Waals surface area contributed by atoms with Crippen LogP contribution in [0.1, 0.15) is 22.8 Å². The first-order valence-corrected chi connectivity index (χ1v) is 9.87. The predicted molar refractivity (Wildman–Crippen MR) is 116 cm³/mol. The summed E-state index contributed by atoms with van der Waals surface area (Å²) < 4.78 is 5.29. The van der Waals surface area contributed by atoms with Crippen molar-refractivity contribution in [3.8, 4) is 0 Å². The molecule has 2 N–H and O–H groups in total. The number of benzene rings is 2. The lowest BCUT2D eigenvalue weighted by atomic mass is 9.75. The molecule has 0 aromatic heterocycles. The molecule has 2 unspecified atom stereocenters. The van der Waals surface area contributed by atoms with Gasteiger partial charge in [0.15, 0.2) is 11.3 Å². The molecule has 0 fully saturated rings. The van der Waals surface area contributed by atoms with Gasteiger partial charge in [-0.05, 0) is 67.5 Å². The Hall–Kier alpha value is -2.63. The van der Waals surface area contributed by atoms with Crippen LogP contribution in [0.5, 0.6) is 0 Å². The highest BCUT2D eigenvalue weighted by atomic mass is 35.5. The highest BCUT2D eigenvalue weighted by Gasteiger charge is 2.49. The Morgan fingerprint density at radius 1 is 1.17 bits per heavy atom. The number of anilines is 1. The minimum Gasteiger partial charge on any atom is -0.466 e. The summed E-state index contributed by atoms with van der Waals surface area (Å²) in [7, 11) is 0. The molecule has 5 nitrogen and oxygen atoms in total. The number of Topliss-reactive ketones (excluding diaryl/α,β-unsaturated/α-hetero) is 1. The van der Waals surface area contributed by atoms with Crippen molar-refractivity contribution in [3.05, 3.63) is 75.8 Å². The smallest absolute Gasteiger partial charge is 0.312 e. The molecule has 0 bridgehead atoms. The molecule has 150 valence electrons. The summed E-state index contributed by atoms with van der Waals surface area (Å²) in [5, 5.41) is 0.922. The van der Waals surface area contributed by atoms with Crippen LogP contribution >= 0.6 is 23.2 Å². The molecule has 29 heavy (non-hydrogen) atoms. The number of nitrogens with zero attached hydrogens (tertiary/aromatic N) is 1. The first-order chi connectivity index (χ1) is 13.9. The number of halogens is 2. The summed E-state index contributed by atoms with van der Waals surface area (Å²) in [5.74, 6) is -1.82. The van der Waals surface area contributed by atoms with E-state index in [1.54, 1.807) is 61.5 Å². The lowest BCUT2D eigenvalue weighted by molar-refractivity contribution is -0.149. The van der Waals surface area contributed by atoms with Crippen molar-refractivity contribution in [2.24, 2.45) is 10.9 Å². The maximum absolute atomic E-state index is 13.5. The Morgan fingerprint density at radius 3 is 2.48 bits per heavy atom. The van der Waals surface area contributed by atoms with Crippen molar-refractivity contribution >= 4 is 46.9 Å². The molecule has 2 atom stereocenters. The Balaban J connectivity index is 2.09. The Labute approximate surface area is 179 Å². The normalized spacial score (nSPS) is 18.6. The third-order valence-electron chi connectivity index (χ3n) is 4.86. The molecule has 2 aromatic rings. The van der Waals surface area contributed by atoms with Gasteiger partial charge in [-0.2, -0.15) is 0 Å². The van der Waals surface area contributed by atoms with Gasteiger partial charge in [-0.15, -0.1) is 0 Å². The topological polar surface area (TPSA) is 81.8 Å². The number of rotatable bonds is 7. The summed E-state index contributed by atoms with van der Waals surface area (Å²) in [6, 6.07) is 11.6. The standard InChI is InChI=1S/C22H20Cl2N2O3/c1-2-29-21(28)17(13-16-18(24)5-3-6-19(16)25)22(11-4-12-26-22)20(27)14-7-9-15(23)10-8-14/h3-12,17H,2,13,25H2,1H3. The summed E-state index contributed by atoms with van der Waals surface area (Å²) >= 11 is 12.3. The average Bonchev–Trinajstić information content (AvgIpc) is 3.18. The number of hydrogen-bond acceptors (Lipinski definition) is 5. The zero-order chi connectivity index (χ0) is 21.0. The van der Waals surface area contributed by atoms with Gasteiger partial charge < -0.3 is 10.5 Å². The van der Waals surface area contributed by atoms with Crippen LogP contribution in [-0.2, 0) is 16.0 Å². The van der Waals surface area contributed by atoms with Crippen LogP contribution in [0, 0.1) is 5.92 Å². The van der Waals surface area contributed by atoms with Gasteiger partial charge in [0.25, 0.3) is 0 Å². The number of ketones is 1. The fourth-order valence-electron chi connectivity index (χ4n) is 3.39. The predicted octanol–water partition coefficient (Wildman–Crippen LogP) is 4.56. The number of hydrogen-bond donors (Lipinski definition) is 1. The molecule has 2 aromatic carbocycles. The number of allylic oxidation sites excluding steroid dienone is 1. The third-order valence-corrected chi connectivity index (χ3v) is 5.47. The second-order valence-corrected chi connectivity index (χ2v) is 7.46. The molecule has 7 heteroatoms. The molecule has 1 heterocycles. The summed E-state index contributed by atoms with van der Waals surface area (Å²) in [6.45, 7) is 1.88. The largest absolute Gasteiger partial charge is 0.466 e. The summed E-state index contributed by atoms with van der Waals surface area (Å²) in [4.78, 5) is 30.9. The quantitative estimate of drug-likeness (QED) is 0.396. The van der Waals surface area contributed by atoms with E-state index >= 15 is 0 Å². The van der Waals surface area contributed by atoms with E-state index in [0.717, 1.165) is 0 Å². The van der Waals surface area contributed by atoms with Crippen molar-refractivity contribution in [2.75, 3.05) is 12.3 Å². The molecule has 0 aliphatic carbocycles. The van der Waals surface area contributed by atoms with Gasteiger partial charge >= 0.3 is 5.97 Å². The average molecular weight is 431 g/mol. The number of nitrogens with two attached hydrogens (primary N) is 1. The van der Waals surface area contributed by atoms with Crippen LogP contribution in [-0.4, -0.2) is 30.1 Å². The molecule has 3 rings (SSSR count). The molecular formula is C22H20Cl2N2O3. The molecule has 0 radical (unpaired) electrons. The van der Waals surface area contributed by atoms with Crippen molar-refractivity contribution in [1.82, 2.24) is 0 Å². The summed E-state index contributed by atoms with van der Waals surface area (Å²) in [6.07, 6.45) is 4.88. The molecule has 0 saturated carbocycles. The van der Waals surface area contributed by atoms with Gasteiger partial charge in [0.1, 0.15) is 0 Å². The lowest BCUT2D eigenvalue weighted by Gasteiger charge is -2.31. The number of nitrogen functional groups attached to an aromatic ring is 1. The van der Waals surface area contributed by atoms with E-state index in [1.165, 1.54) is 6.21 Å². The fourth-order valence-corrected chi connectivity index (χ4v) is 3.77. The second kappa shape index (κ2) is 8.80. The number of ether oxygens (including phenoxy) is 1. The number of esters is 1. The second-order valence-electron chi connectivity index (χ2n) is 6.62. The van der Waals surface area contributed by atoms with Gasteiger partial charge in [0.05, 0.1) is 12.5 Å². The Kier molecular flexibility index (Phi) is 6.40. The minimum atomic E-state index is -1.45. The number of aliphatic imine (C=N–C) groups is 1. The van der Waals surface area contributed by atoms with Gasteiger partial charge in [-0.25, -0.2) is 0 Å². The van der Waals surface area contributed by atoms with Crippen LogP contribution in [0.15, 0.2) is 59.6 Å². The number of carbonyl (C=O) groups excluding carboxylic acids is 2. The van der Waals surface area contributed by atoms with Gasteiger partial charge in [0, 0.05) is 27.5 Å². The van der Waals surface area contributed by atoms with E-state index in [2.05, 4.69) is 4.99 Å². The zero-order valence-corrected chi connectivity index (χ0v) is 17.3. The Bertz CT molecular complexity index is 952. The SMILES string of the molecule is CCOC(=O)C(Cc1c(N)cccc1Cl)C1(C(=O)c2ccc(Cl)cc2)C=CC=N1. The molecule has 1 aliphatic rings. The van der Waals surface area contributed by atoms with E-state index in [9.17, 15) is 9.59 Å². The van der Waals surface area contributed by atoms with E-state index in [4.69, 9.17) is 33.7 Å². The van der Waals surface area contributed by atoms with Crippen LogP contribution < -0.4 is 5.73 Å². The van der Waals surface area contributed by atoms with Crippen molar-refractivity contribution < 1.29 is 14.3 Å². The van der Waals surface area contributed by atoms with Gasteiger partial charge in [-0.3, -0.25) is 14.6 Å². The molecule has 0 spiro atoms. The number of carbonyl (C=O) groups is 2. The molecular weight excluding hydrogens is 411 g/mol. The first-order valence-electron chi connectivity index (χ1n) is 9.12. The molecule has 0 amide bonds. The van der Waals surface area contributed by atoms with E-state index in [0.29, 0.717) is 26.9 Å². The molecule has 1 aliphatic heterocycles. The lowest BCUT2D eigenvalue weighted by Crippen LogP contribution is -2.47. The zero-order valence-electron chi connectivity index (χ0n) is 15.8. The van der Waals surface area contributed by atoms with Gasteiger partial charge in [0.2, 0.25) is 0 Å². The van der Waals surface area contributed by atoms with E-state index in [1.807, 2.05) is 0 Å². The first kappa shape index (κ1) is 21.1. The highest BCUT2D eigenvalue weighted by Crippen LogP contribution is 2.37. The monoisotopic (exact) mass is 430 g/mol. The van der Waals surface area contributed by atoms with Gasteiger partial charge in [-0.1, -0.05) is 29.3 Å². The highest BCUT2D eigenvalue weighted by molar-refractivity contribution is 6.31. The minimum absolute atomic E-state index is 0.103. The van der Waals surface area contributed by atoms with E-state index in [-0.39, 0.29) is 18.8 Å². The molecule has 0 saturated heterocycles. The maximum atomic E-state index is 13.5. The Morgan fingerprint density at radius 2 is 1.90 bits per heavy atom. The van der Waals surface area contributed by atoms with Crippen molar-refractivity contribution in [2.45, 2.75) is 18.9 Å². The van der Waals surface area contributed by atoms with Crippen molar-refractivity contribution in [3.63, 3.8) is 0 Å². The van der Waals surface area contributed by atoms with Crippen LogP contribution in [0.2, 0.25) is 10.0 Å². The van der Waals surface area contributed by atoms with Crippen LogP contribution in [0.3, 0.4) is 0 Å². The van der Waals surface area contributed by atoms with Crippen LogP contribution in [0.4, 0.5) is 5.69 Å². The third kappa shape index (κ3) is 4.21. The van der Waals surface area contributed by atoms with Crippen LogP contribution in [0.25, 0.3) is 0 Å². The van der Waals surface area contributed by atoms with Crippen molar-refractivity contribution in [1.29, 1.82) is 0 Å². The fraction of sp³-hybridized carbons (Fsp3) is 0.227. The van der Waals surface area contributed by atoms with E-state index < -0.39 is 17.4 Å². The maximum Gasteiger partial charge on any atom is 0.312 e.